The maximum absolute atomic E-state index is 3.63. The zero-order valence-corrected chi connectivity index (χ0v) is 12.3. The van der Waals surface area contributed by atoms with E-state index in [1.807, 2.05) is 0 Å². The monoisotopic (exact) mass is 237 g/mol. The second-order valence-electron chi connectivity index (χ2n) is 7.34. The molecule has 2 unspecified atom stereocenters. The molecule has 2 atom stereocenters. The summed E-state index contributed by atoms with van der Waals surface area (Å²) in [6.45, 7) is 10.7. The number of nitrogens with one attached hydrogen (secondary N) is 1. The fraction of sp³-hybridized carbons (Fsp3) is 1.00. The van der Waals surface area contributed by atoms with Gasteiger partial charge in [-0.25, -0.2) is 0 Å². The third-order valence-corrected chi connectivity index (χ3v) is 5.35. The molecular weight excluding hydrogens is 206 g/mol. The lowest BCUT2D eigenvalue weighted by molar-refractivity contribution is 0.309. The second kappa shape index (κ2) is 5.30. The molecule has 0 bridgehead atoms. The van der Waals surface area contributed by atoms with Crippen LogP contribution < -0.4 is 5.32 Å². The summed E-state index contributed by atoms with van der Waals surface area (Å²) in [4.78, 5) is 0. The Kier molecular flexibility index (Phi) is 4.18. The van der Waals surface area contributed by atoms with Crippen molar-refractivity contribution in [3.63, 3.8) is 0 Å². The van der Waals surface area contributed by atoms with Gasteiger partial charge in [0.1, 0.15) is 0 Å². The summed E-state index contributed by atoms with van der Waals surface area (Å²) in [5, 5.41) is 3.63. The van der Waals surface area contributed by atoms with E-state index < -0.39 is 0 Å². The molecule has 17 heavy (non-hydrogen) atoms. The molecule has 2 aliphatic carbocycles. The maximum Gasteiger partial charge on any atom is 0.00104 e. The van der Waals surface area contributed by atoms with Crippen molar-refractivity contribution in [3.05, 3.63) is 0 Å². The van der Waals surface area contributed by atoms with Gasteiger partial charge in [-0.15, -0.1) is 0 Å². The first-order valence-electron chi connectivity index (χ1n) is 7.75. The van der Waals surface area contributed by atoms with Gasteiger partial charge < -0.3 is 5.32 Å². The highest BCUT2D eigenvalue weighted by atomic mass is 14.9. The molecule has 0 amide bonds. The molecule has 0 heterocycles. The normalized spacial score (nSPS) is 33.0. The molecule has 1 heteroatoms. The van der Waals surface area contributed by atoms with Crippen LogP contribution >= 0.6 is 0 Å². The van der Waals surface area contributed by atoms with Gasteiger partial charge in [-0.05, 0) is 36.1 Å². The molecule has 0 aliphatic heterocycles. The minimum atomic E-state index is 0.610. The maximum atomic E-state index is 3.63. The quantitative estimate of drug-likeness (QED) is 0.754. The van der Waals surface area contributed by atoms with Crippen LogP contribution in [-0.2, 0) is 0 Å². The predicted molar refractivity (Wildman–Crippen MR) is 75.1 cm³/mol. The molecule has 2 aliphatic rings. The summed E-state index contributed by atoms with van der Waals surface area (Å²) < 4.78 is 0. The molecule has 2 rings (SSSR count). The standard InChI is InChI=1S/C16H31N/c1-12(2)17-11-15-14(16(15,3)4)10-13-8-6-5-7-9-13/h12-15,17H,5-11H2,1-4H3. The molecule has 0 aromatic rings. The summed E-state index contributed by atoms with van der Waals surface area (Å²) in [5.74, 6) is 2.99. The van der Waals surface area contributed by atoms with Gasteiger partial charge in [-0.1, -0.05) is 59.8 Å². The van der Waals surface area contributed by atoms with Crippen LogP contribution in [0, 0.1) is 23.2 Å². The lowest BCUT2D eigenvalue weighted by atomic mass is 9.84. The van der Waals surface area contributed by atoms with Crippen molar-refractivity contribution in [2.45, 2.75) is 72.3 Å². The summed E-state index contributed by atoms with van der Waals surface area (Å²) >= 11 is 0. The van der Waals surface area contributed by atoms with E-state index in [1.165, 1.54) is 45.1 Å². The van der Waals surface area contributed by atoms with Crippen molar-refractivity contribution >= 4 is 0 Å². The lowest BCUT2D eigenvalue weighted by Crippen LogP contribution is -2.26. The first-order valence-corrected chi connectivity index (χ1v) is 7.75. The number of hydrogen-bond acceptors (Lipinski definition) is 1. The minimum absolute atomic E-state index is 0.610. The Morgan fingerprint density at radius 2 is 1.71 bits per heavy atom. The zero-order chi connectivity index (χ0) is 12.5. The first-order chi connectivity index (χ1) is 8.01. The van der Waals surface area contributed by atoms with E-state index in [0.29, 0.717) is 11.5 Å². The fourth-order valence-corrected chi connectivity index (χ4v) is 3.88. The first kappa shape index (κ1) is 13.4. The Morgan fingerprint density at radius 1 is 1.06 bits per heavy atom. The van der Waals surface area contributed by atoms with Gasteiger partial charge in [0, 0.05) is 6.04 Å². The van der Waals surface area contributed by atoms with Crippen LogP contribution in [0.4, 0.5) is 0 Å². The Morgan fingerprint density at radius 3 is 2.29 bits per heavy atom. The molecular formula is C16H31N. The Hall–Kier alpha value is -0.0400. The summed E-state index contributed by atoms with van der Waals surface area (Å²) in [6, 6.07) is 0.640. The molecule has 2 saturated carbocycles. The van der Waals surface area contributed by atoms with E-state index in [1.54, 1.807) is 0 Å². The van der Waals surface area contributed by atoms with Crippen molar-refractivity contribution < 1.29 is 0 Å². The van der Waals surface area contributed by atoms with Crippen LogP contribution in [-0.4, -0.2) is 12.6 Å². The molecule has 0 aromatic carbocycles. The van der Waals surface area contributed by atoms with E-state index in [4.69, 9.17) is 0 Å². The third kappa shape index (κ3) is 3.24. The summed E-state index contributed by atoms with van der Waals surface area (Å²) in [6.07, 6.45) is 9.01. The SMILES string of the molecule is CC(C)NCC1C(CC2CCCCC2)C1(C)C. The highest BCUT2D eigenvalue weighted by Gasteiger charge is 2.56. The molecule has 100 valence electrons. The van der Waals surface area contributed by atoms with Gasteiger partial charge in [0.15, 0.2) is 0 Å². The Bertz CT molecular complexity index is 238. The summed E-state index contributed by atoms with van der Waals surface area (Å²) in [7, 11) is 0. The molecule has 2 fully saturated rings. The van der Waals surface area contributed by atoms with Gasteiger partial charge in [0.05, 0.1) is 0 Å². The van der Waals surface area contributed by atoms with Crippen LogP contribution in [0.15, 0.2) is 0 Å². The van der Waals surface area contributed by atoms with Crippen LogP contribution in [0.5, 0.6) is 0 Å². The topological polar surface area (TPSA) is 12.0 Å². The molecule has 0 spiro atoms. The van der Waals surface area contributed by atoms with Gasteiger partial charge in [-0.3, -0.25) is 0 Å². The fourth-order valence-electron chi connectivity index (χ4n) is 3.88. The van der Waals surface area contributed by atoms with Crippen molar-refractivity contribution in [2.24, 2.45) is 23.2 Å². The van der Waals surface area contributed by atoms with E-state index >= 15 is 0 Å². The van der Waals surface area contributed by atoms with Crippen LogP contribution in [0.1, 0.15) is 66.2 Å². The van der Waals surface area contributed by atoms with Crippen molar-refractivity contribution in [3.8, 4) is 0 Å². The highest BCUT2D eigenvalue weighted by molar-refractivity contribution is 5.06. The van der Waals surface area contributed by atoms with E-state index in [-0.39, 0.29) is 0 Å². The second-order valence-corrected chi connectivity index (χ2v) is 7.34. The van der Waals surface area contributed by atoms with Crippen LogP contribution in [0.25, 0.3) is 0 Å². The van der Waals surface area contributed by atoms with Gasteiger partial charge in [0.25, 0.3) is 0 Å². The van der Waals surface area contributed by atoms with E-state index in [0.717, 1.165) is 17.8 Å². The third-order valence-electron chi connectivity index (χ3n) is 5.35. The molecule has 0 radical (unpaired) electrons. The summed E-state index contributed by atoms with van der Waals surface area (Å²) in [5.41, 5.74) is 0.610. The predicted octanol–water partition coefficient (Wildman–Crippen LogP) is 4.23. The van der Waals surface area contributed by atoms with E-state index in [2.05, 4.69) is 33.0 Å². The van der Waals surface area contributed by atoms with Crippen LogP contribution in [0.2, 0.25) is 0 Å². The smallest absolute Gasteiger partial charge is 0.00104 e. The zero-order valence-electron chi connectivity index (χ0n) is 12.3. The molecule has 1 N–H and O–H groups in total. The van der Waals surface area contributed by atoms with Gasteiger partial charge >= 0.3 is 0 Å². The minimum Gasteiger partial charge on any atom is -0.314 e. The average Bonchev–Trinajstić information content (AvgIpc) is 2.78. The lowest BCUT2D eigenvalue weighted by Gasteiger charge is -2.22. The number of hydrogen-bond donors (Lipinski definition) is 1. The average molecular weight is 237 g/mol. The van der Waals surface area contributed by atoms with Gasteiger partial charge in [0.2, 0.25) is 0 Å². The molecule has 0 aromatic heterocycles. The van der Waals surface area contributed by atoms with Crippen molar-refractivity contribution in [2.75, 3.05) is 6.54 Å². The largest absolute Gasteiger partial charge is 0.314 e. The molecule has 0 saturated heterocycles. The van der Waals surface area contributed by atoms with Crippen LogP contribution in [0.3, 0.4) is 0 Å². The van der Waals surface area contributed by atoms with E-state index in [9.17, 15) is 0 Å². The Balaban J connectivity index is 1.76. The number of rotatable bonds is 5. The van der Waals surface area contributed by atoms with Gasteiger partial charge in [-0.2, -0.15) is 0 Å². The Labute approximate surface area is 108 Å². The highest BCUT2D eigenvalue weighted by Crippen LogP contribution is 2.61. The van der Waals surface area contributed by atoms with Crippen molar-refractivity contribution in [1.82, 2.24) is 5.32 Å². The molecule has 1 nitrogen and oxygen atoms in total. The van der Waals surface area contributed by atoms with Crippen molar-refractivity contribution in [1.29, 1.82) is 0 Å².